The summed E-state index contributed by atoms with van der Waals surface area (Å²) in [5.74, 6) is 2.65. The number of carbonyl (C=O) groups is 1. The maximum atomic E-state index is 11.2. The Morgan fingerprint density at radius 3 is 2.86 bits per heavy atom. The Morgan fingerprint density at radius 1 is 1.57 bits per heavy atom. The standard InChI is InChI=1S/C11H20N2O/c1-3-4-5-6-7-11(14)13-9-8-10(2)12/h1,10H,4-9,12H2,2H3,(H,13,14). The number of unbranched alkanes of at least 4 members (excludes halogenated alkanes) is 2. The summed E-state index contributed by atoms with van der Waals surface area (Å²) >= 11 is 0. The SMILES string of the molecule is C#CCCCCC(=O)NCCC(C)N. The van der Waals surface area contributed by atoms with Gasteiger partial charge in [0.2, 0.25) is 5.91 Å². The van der Waals surface area contributed by atoms with Crippen LogP contribution in [0.1, 0.15) is 39.0 Å². The molecule has 0 aliphatic carbocycles. The molecule has 0 radical (unpaired) electrons. The van der Waals surface area contributed by atoms with Crippen molar-refractivity contribution in [3.63, 3.8) is 0 Å². The molecule has 1 atom stereocenters. The molecule has 0 saturated heterocycles. The number of amides is 1. The lowest BCUT2D eigenvalue weighted by Gasteiger charge is -2.06. The number of terminal acetylenes is 1. The number of carbonyl (C=O) groups excluding carboxylic acids is 1. The first-order valence-corrected chi connectivity index (χ1v) is 5.12. The van der Waals surface area contributed by atoms with Gasteiger partial charge in [0.05, 0.1) is 0 Å². The lowest BCUT2D eigenvalue weighted by atomic mass is 10.2. The molecule has 0 aromatic heterocycles. The monoisotopic (exact) mass is 196 g/mol. The van der Waals surface area contributed by atoms with Crippen molar-refractivity contribution >= 4 is 5.91 Å². The average Bonchev–Trinajstić information content (AvgIpc) is 2.12. The van der Waals surface area contributed by atoms with Gasteiger partial charge in [-0.15, -0.1) is 12.3 Å². The van der Waals surface area contributed by atoms with Gasteiger partial charge in [-0.2, -0.15) is 0 Å². The quantitative estimate of drug-likeness (QED) is 0.472. The van der Waals surface area contributed by atoms with E-state index in [1.54, 1.807) is 0 Å². The van der Waals surface area contributed by atoms with E-state index in [2.05, 4.69) is 11.2 Å². The van der Waals surface area contributed by atoms with Crippen molar-refractivity contribution < 1.29 is 4.79 Å². The molecular formula is C11H20N2O. The Balaban J connectivity index is 3.25. The van der Waals surface area contributed by atoms with Crippen LogP contribution in [0.25, 0.3) is 0 Å². The minimum Gasteiger partial charge on any atom is -0.356 e. The summed E-state index contributed by atoms with van der Waals surface area (Å²) in [6.07, 6.45) is 9.05. The Hall–Kier alpha value is -1.01. The van der Waals surface area contributed by atoms with Gasteiger partial charge in [-0.25, -0.2) is 0 Å². The first kappa shape index (κ1) is 13.0. The van der Waals surface area contributed by atoms with E-state index in [9.17, 15) is 4.79 Å². The van der Waals surface area contributed by atoms with Crippen molar-refractivity contribution in [2.45, 2.75) is 45.1 Å². The average molecular weight is 196 g/mol. The minimum atomic E-state index is 0.0997. The van der Waals surface area contributed by atoms with E-state index in [-0.39, 0.29) is 11.9 Å². The largest absolute Gasteiger partial charge is 0.356 e. The van der Waals surface area contributed by atoms with Crippen LogP contribution in [-0.4, -0.2) is 18.5 Å². The van der Waals surface area contributed by atoms with E-state index in [1.807, 2.05) is 6.92 Å². The fourth-order valence-electron chi connectivity index (χ4n) is 1.04. The number of hydrogen-bond acceptors (Lipinski definition) is 2. The van der Waals surface area contributed by atoms with Crippen LogP contribution in [0.5, 0.6) is 0 Å². The van der Waals surface area contributed by atoms with E-state index < -0.39 is 0 Å². The van der Waals surface area contributed by atoms with Gasteiger partial charge >= 0.3 is 0 Å². The van der Waals surface area contributed by atoms with Gasteiger partial charge in [-0.1, -0.05) is 0 Å². The van der Waals surface area contributed by atoms with Crippen molar-refractivity contribution in [3.05, 3.63) is 0 Å². The summed E-state index contributed by atoms with van der Waals surface area (Å²) in [5.41, 5.74) is 5.54. The van der Waals surface area contributed by atoms with Gasteiger partial charge in [-0.3, -0.25) is 4.79 Å². The van der Waals surface area contributed by atoms with E-state index in [0.29, 0.717) is 13.0 Å². The molecule has 1 unspecified atom stereocenters. The van der Waals surface area contributed by atoms with E-state index in [0.717, 1.165) is 25.7 Å². The van der Waals surface area contributed by atoms with Crippen LogP contribution in [0.4, 0.5) is 0 Å². The molecule has 3 N–H and O–H groups in total. The van der Waals surface area contributed by atoms with Crippen molar-refractivity contribution in [2.24, 2.45) is 5.73 Å². The van der Waals surface area contributed by atoms with Gasteiger partial charge in [-0.05, 0) is 26.2 Å². The summed E-state index contributed by atoms with van der Waals surface area (Å²) < 4.78 is 0. The molecule has 0 aromatic carbocycles. The number of hydrogen-bond donors (Lipinski definition) is 2. The molecule has 0 aliphatic rings. The molecule has 0 bridgehead atoms. The molecule has 0 heterocycles. The number of nitrogens with one attached hydrogen (secondary N) is 1. The summed E-state index contributed by atoms with van der Waals surface area (Å²) in [6, 6.07) is 0.150. The smallest absolute Gasteiger partial charge is 0.219 e. The van der Waals surface area contributed by atoms with Crippen molar-refractivity contribution in [1.82, 2.24) is 5.32 Å². The summed E-state index contributed by atoms with van der Waals surface area (Å²) in [4.78, 5) is 11.2. The maximum absolute atomic E-state index is 11.2. The zero-order chi connectivity index (χ0) is 10.8. The zero-order valence-electron chi connectivity index (χ0n) is 8.88. The van der Waals surface area contributed by atoms with Crippen LogP contribution in [0.3, 0.4) is 0 Å². The highest BCUT2D eigenvalue weighted by Crippen LogP contribution is 1.98. The molecule has 0 saturated carbocycles. The normalized spacial score (nSPS) is 11.8. The van der Waals surface area contributed by atoms with Crippen molar-refractivity contribution in [1.29, 1.82) is 0 Å². The molecule has 0 aliphatic heterocycles. The molecule has 1 amide bonds. The fourth-order valence-corrected chi connectivity index (χ4v) is 1.04. The van der Waals surface area contributed by atoms with Crippen LogP contribution in [0.2, 0.25) is 0 Å². The Bertz CT molecular complexity index is 194. The van der Waals surface area contributed by atoms with Crippen LogP contribution in [-0.2, 0) is 4.79 Å². The van der Waals surface area contributed by atoms with Gasteiger partial charge in [0.1, 0.15) is 0 Å². The second-order valence-electron chi connectivity index (χ2n) is 3.53. The maximum Gasteiger partial charge on any atom is 0.219 e. The second kappa shape index (κ2) is 8.58. The highest BCUT2D eigenvalue weighted by atomic mass is 16.1. The number of rotatable bonds is 7. The molecule has 3 heteroatoms. The Kier molecular flexibility index (Phi) is 7.96. The third kappa shape index (κ3) is 9.08. The van der Waals surface area contributed by atoms with E-state index in [4.69, 9.17) is 12.2 Å². The van der Waals surface area contributed by atoms with E-state index >= 15 is 0 Å². The van der Waals surface area contributed by atoms with Gasteiger partial charge in [0.25, 0.3) is 0 Å². The first-order chi connectivity index (χ1) is 6.66. The van der Waals surface area contributed by atoms with Crippen LogP contribution >= 0.6 is 0 Å². The molecule has 0 spiro atoms. The molecule has 80 valence electrons. The molecule has 0 fully saturated rings. The molecule has 3 nitrogen and oxygen atoms in total. The van der Waals surface area contributed by atoms with Crippen LogP contribution < -0.4 is 11.1 Å². The van der Waals surface area contributed by atoms with E-state index in [1.165, 1.54) is 0 Å². The summed E-state index contributed by atoms with van der Waals surface area (Å²) in [6.45, 7) is 2.60. The third-order valence-corrected chi connectivity index (χ3v) is 1.90. The lowest BCUT2D eigenvalue weighted by molar-refractivity contribution is -0.121. The van der Waals surface area contributed by atoms with Crippen LogP contribution in [0, 0.1) is 12.3 Å². The predicted octanol–water partition coefficient (Wildman–Crippen LogP) is 1.03. The topological polar surface area (TPSA) is 55.1 Å². The number of nitrogens with two attached hydrogens (primary N) is 1. The van der Waals surface area contributed by atoms with Gasteiger partial charge in [0.15, 0.2) is 0 Å². The Morgan fingerprint density at radius 2 is 2.29 bits per heavy atom. The highest BCUT2D eigenvalue weighted by Gasteiger charge is 2.00. The van der Waals surface area contributed by atoms with Gasteiger partial charge < -0.3 is 11.1 Å². The second-order valence-corrected chi connectivity index (χ2v) is 3.53. The molecule has 14 heavy (non-hydrogen) atoms. The van der Waals surface area contributed by atoms with Crippen molar-refractivity contribution in [2.75, 3.05) is 6.54 Å². The Labute approximate surface area is 86.4 Å². The summed E-state index contributed by atoms with van der Waals surface area (Å²) in [7, 11) is 0. The van der Waals surface area contributed by atoms with Crippen molar-refractivity contribution in [3.8, 4) is 12.3 Å². The first-order valence-electron chi connectivity index (χ1n) is 5.12. The highest BCUT2D eigenvalue weighted by molar-refractivity contribution is 5.75. The molecule has 0 rings (SSSR count). The zero-order valence-corrected chi connectivity index (χ0v) is 8.88. The third-order valence-electron chi connectivity index (χ3n) is 1.90. The molecular weight excluding hydrogens is 176 g/mol. The predicted molar refractivity (Wildman–Crippen MR) is 58.6 cm³/mol. The summed E-state index contributed by atoms with van der Waals surface area (Å²) in [5, 5.41) is 2.82. The lowest BCUT2D eigenvalue weighted by Crippen LogP contribution is -2.28. The fraction of sp³-hybridized carbons (Fsp3) is 0.727. The molecule has 0 aromatic rings. The minimum absolute atomic E-state index is 0.0997. The van der Waals surface area contributed by atoms with Crippen LogP contribution in [0.15, 0.2) is 0 Å². The van der Waals surface area contributed by atoms with Gasteiger partial charge in [0, 0.05) is 25.4 Å².